The van der Waals surface area contributed by atoms with Gasteiger partial charge < -0.3 is 9.84 Å². The third-order valence-electron chi connectivity index (χ3n) is 1.31. The first-order chi connectivity index (χ1) is 5.57. The van der Waals surface area contributed by atoms with E-state index in [0.717, 1.165) is 0 Å². The smallest absolute Gasteiger partial charge is 0.180 e. The van der Waals surface area contributed by atoms with Crippen molar-refractivity contribution in [3.05, 3.63) is 21.1 Å². The zero-order chi connectivity index (χ0) is 9.30. The molecular formula is C7H5Cl3O2. The van der Waals surface area contributed by atoms with Crippen LogP contribution in [0.2, 0.25) is 15.1 Å². The largest absolute Gasteiger partial charge is 0.503 e. The topological polar surface area (TPSA) is 29.5 Å². The van der Waals surface area contributed by atoms with Gasteiger partial charge in [0.2, 0.25) is 0 Å². The SMILES string of the molecule is COc1c(Cl)cc(Cl)c(Cl)c1O. The van der Waals surface area contributed by atoms with Gasteiger partial charge in [0.05, 0.1) is 17.2 Å². The number of phenols is 1. The molecule has 0 aliphatic rings. The van der Waals surface area contributed by atoms with E-state index in [9.17, 15) is 5.11 Å². The minimum absolute atomic E-state index is 0.0397. The van der Waals surface area contributed by atoms with Gasteiger partial charge in [-0.2, -0.15) is 0 Å². The lowest BCUT2D eigenvalue weighted by atomic mass is 10.3. The Balaban J connectivity index is 3.40. The van der Waals surface area contributed by atoms with E-state index in [1.807, 2.05) is 0 Å². The van der Waals surface area contributed by atoms with Gasteiger partial charge in [-0.25, -0.2) is 0 Å². The third kappa shape index (κ3) is 1.56. The van der Waals surface area contributed by atoms with Crippen LogP contribution in [-0.4, -0.2) is 12.2 Å². The summed E-state index contributed by atoms with van der Waals surface area (Å²) in [5.74, 6) is -0.109. The van der Waals surface area contributed by atoms with Crippen molar-refractivity contribution in [1.82, 2.24) is 0 Å². The van der Waals surface area contributed by atoms with Gasteiger partial charge in [0, 0.05) is 0 Å². The minimum atomic E-state index is -0.239. The lowest BCUT2D eigenvalue weighted by molar-refractivity contribution is 0.374. The number of benzene rings is 1. The summed E-state index contributed by atoms with van der Waals surface area (Å²) in [5.41, 5.74) is 0. The number of rotatable bonds is 1. The fraction of sp³-hybridized carbons (Fsp3) is 0.143. The Hall–Kier alpha value is -0.310. The Kier molecular flexibility index (Phi) is 2.94. The molecule has 0 heterocycles. The van der Waals surface area contributed by atoms with Crippen molar-refractivity contribution in [2.45, 2.75) is 0 Å². The molecule has 0 saturated carbocycles. The van der Waals surface area contributed by atoms with Crippen LogP contribution in [-0.2, 0) is 0 Å². The standard InChI is InChI=1S/C7H5Cl3O2/c1-12-7-4(9)2-3(8)5(10)6(7)11/h2,11H,1H3. The Bertz CT molecular complexity index is 312. The summed E-state index contributed by atoms with van der Waals surface area (Å²) in [5, 5.41) is 9.79. The van der Waals surface area contributed by atoms with Gasteiger partial charge in [-0.3, -0.25) is 0 Å². The maximum absolute atomic E-state index is 9.33. The van der Waals surface area contributed by atoms with E-state index in [-0.39, 0.29) is 26.6 Å². The van der Waals surface area contributed by atoms with Crippen molar-refractivity contribution in [3.63, 3.8) is 0 Å². The van der Waals surface area contributed by atoms with Crippen LogP contribution in [0.25, 0.3) is 0 Å². The number of phenolic OH excluding ortho intramolecular Hbond substituents is 1. The van der Waals surface area contributed by atoms with E-state index in [1.54, 1.807) is 0 Å². The molecule has 2 nitrogen and oxygen atoms in total. The predicted molar refractivity (Wildman–Crippen MR) is 49.7 cm³/mol. The van der Waals surface area contributed by atoms with E-state index >= 15 is 0 Å². The quantitative estimate of drug-likeness (QED) is 0.746. The van der Waals surface area contributed by atoms with Crippen molar-refractivity contribution in [1.29, 1.82) is 0 Å². The van der Waals surface area contributed by atoms with Crippen molar-refractivity contribution >= 4 is 34.8 Å². The molecule has 1 aromatic rings. The van der Waals surface area contributed by atoms with Crippen molar-refractivity contribution in [3.8, 4) is 11.5 Å². The van der Waals surface area contributed by atoms with E-state index in [4.69, 9.17) is 39.5 Å². The van der Waals surface area contributed by atoms with Gasteiger partial charge in [0.25, 0.3) is 0 Å². The van der Waals surface area contributed by atoms with Gasteiger partial charge in [-0.05, 0) is 6.07 Å². The lowest BCUT2D eigenvalue weighted by Crippen LogP contribution is -1.86. The van der Waals surface area contributed by atoms with Gasteiger partial charge in [-0.15, -0.1) is 0 Å². The molecule has 0 unspecified atom stereocenters. The summed E-state index contributed by atoms with van der Waals surface area (Å²) in [6.45, 7) is 0. The summed E-state index contributed by atoms with van der Waals surface area (Å²) in [7, 11) is 1.38. The number of ether oxygens (including phenoxy) is 1. The number of aromatic hydroxyl groups is 1. The molecule has 0 saturated heterocycles. The number of hydrogen-bond donors (Lipinski definition) is 1. The first-order valence-corrected chi connectivity index (χ1v) is 4.11. The average molecular weight is 227 g/mol. The summed E-state index contributed by atoms with van der Waals surface area (Å²) >= 11 is 16.9. The first kappa shape index (κ1) is 9.78. The molecule has 1 aromatic carbocycles. The molecule has 12 heavy (non-hydrogen) atoms. The second-order valence-corrected chi connectivity index (χ2v) is 3.23. The Labute approximate surface area is 84.6 Å². The molecule has 0 spiro atoms. The van der Waals surface area contributed by atoms with Crippen LogP contribution in [0.4, 0.5) is 0 Å². The monoisotopic (exact) mass is 226 g/mol. The van der Waals surface area contributed by atoms with Gasteiger partial charge in [-0.1, -0.05) is 34.8 Å². The van der Waals surface area contributed by atoms with Gasteiger partial charge in [0.15, 0.2) is 11.5 Å². The van der Waals surface area contributed by atoms with Crippen molar-refractivity contribution in [2.24, 2.45) is 0 Å². The molecule has 0 atom stereocenters. The number of methoxy groups -OCH3 is 1. The summed E-state index contributed by atoms with van der Waals surface area (Å²) < 4.78 is 4.79. The van der Waals surface area contributed by atoms with Crippen LogP contribution in [0.1, 0.15) is 0 Å². The van der Waals surface area contributed by atoms with E-state index in [2.05, 4.69) is 0 Å². The van der Waals surface area contributed by atoms with Gasteiger partial charge in [0.1, 0.15) is 5.02 Å². The predicted octanol–water partition coefficient (Wildman–Crippen LogP) is 3.36. The van der Waals surface area contributed by atoms with E-state index < -0.39 is 0 Å². The average Bonchev–Trinajstić information content (AvgIpc) is 2.01. The van der Waals surface area contributed by atoms with Gasteiger partial charge >= 0.3 is 0 Å². The number of halogens is 3. The summed E-state index contributed by atoms with van der Waals surface area (Å²) in [4.78, 5) is 0. The van der Waals surface area contributed by atoms with Crippen LogP contribution >= 0.6 is 34.8 Å². The fourth-order valence-electron chi connectivity index (χ4n) is 0.760. The second-order valence-electron chi connectivity index (χ2n) is 2.04. The Morgan fingerprint density at radius 3 is 2.33 bits per heavy atom. The molecule has 66 valence electrons. The molecule has 0 fully saturated rings. The molecule has 5 heteroatoms. The highest BCUT2D eigenvalue weighted by Gasteiger charge is 2.14. The third-order valence-corrected chi connectivity index (χ3v) is 2.37. The Morgan fingerprint density at radius 1 is 1.25 bits per heavy atom. The van der Waals surface area contributed by atoms with Crippen LogP contribution in [0.3, 0.4) is 0 Å². The molecule has 1 rings (SSSR count). The van der Waals surface area contributed by atoms with Crippen LogP contribution in [0.5, 0.6) is 11.5 Å². The molecule has 0 amide bonds. The highest BCUT2D eigenvalue weighted by Crippen LogP contribution is 2.43. The maximum Gasteiger partial charge on any atom is 0.180 e. The fourth-order valence-corrected chi connectivity index (χ4v) is 1.43. The second kappa shape index (κ2) is 3.60. The lowest BCUT2D eigenvalue weighted by Gasteiger charge is -2.07. The van der Waals surface area contributed by atoms with E-state index in [0.29, 0.717) is 0 Å². The highest BCUT2D eigenvalue weighted by atomic mass is 35.5. The minimum Gasteiger partial charge on any atom is -0.503 e. The van der Waals surface area contributed by atoms with Crippen LogP contribution in [0, 0.1) is 0 Å². The normalized spacial score (nSPS) is 10.0. The summed E-state index contributed by atoms with van der Waals surface area (Å²) in [6, 6.07) is 1.41. The maximum atomic E-state index is 9.33. The molecule has 1 N–H and O–H groups in total. The molecule has 0 bridgehead atoms. The molecule has 0 aliphatic carbocycles. The zero-order valence-corrected chi connectivity index (χ0v) is 8.33. The Morgan fingerprint density at radius 2 is 1.83 bits per heavy atom. The van der Waals surface area contributed by atoms with Crippen LogP contribution < -0.4 is 4.74 Å². The highest BCUT2D eigenvalue weighted by molar-refractivity contribution is 6.44. The molecule has 0 aliphatic heterocycles. The van der Waals surface area contributed by atoms with Crippen molar-refractivity contribution < 1.29 is 9.84 Å². The first-order valence-electron chi connectivity index (χ1n) is 2.98. The molecular weight excluding hydrogens is 222 g/mol. The molecule has 0 aromatic heterocycles. The van der Waals surface area contributed by atoms with Crippen molar-refractivity contribution in [2.75, 3.05) is 7.11 Å². The van der Waals surface area contributed by atoms with E-state index in [1.165, 1.54) is 13.2 Å². The number of hydrogen-bond acceptors (Lipinski definition) is 2. The molecule has 0 radical (unpaired) electrons. The zero-order valence-electron chi connectivity index (χ0n) is 6.07. The summed E-state index contributed by atoms with van der Waals surface area (Å²) in [6.07, 6.45) is 0. The van der Waals surface area contributed by atoms with Crippen LogP contribution in [0.15, 0.2) is 6.07 Å².